The lowest BCUT2D eigenvalue weighted by Crippen LogP contribution is -2.15. The van der Waals surface area contributed by atoms with Crippen molar-refractivity contribution >= 4 is 17.4 Å². The van der Waals surface area contributed by atoms with Crippen LogP contribution < -0.4 is 5.32 Å². The van der Waals surface area contributed by atoms with Gasteiger partial charge in [0.15, 0.2) is 0 Å². The molecule has 16 heavy (non-hydrogen) atoms. The smallest absolute Gasteiger partial charge is 0.125 e. The fourth-order valence-corrected chi connectivity index (χ4v) is 1.38. The molecule has 0 aliphatic rings. The van der Waals surface area contributed by atoms with Crippen molar-refractivity contribution in [1.29, 1.82) is 0 Å². The van der Waals surface area contributed by atoms with Crippen LogP contribution in [-0.4, -0.2) is 16.9 Å². The Hall–Kier alpha value is -0.760. The molecule has 0 bridgehead atoms. The zero-order valence-corrected chi connectivity index (χ0v) is 11.3. The lowest BCUT2D eigenvalue weighted by atomic mass is 9.88. The van der Waals surface area contributed by atoms with E-state index in [0.29, 0.717) is 0 Å². The number of halogens is 1. The van der Waals surface area contributed by atoms with Crippen LogP contribution in [0.1, 0.15) is 39.7 Å². The fraction of sp³-hybridized carbons (Fsp3) is 0.615. The maximum atomic E-state index is 6.03. The minimum Gasteiger partial charge on any atom is -0.369 e. The molecule has 0 radical (unpaired) electrons. The van der Waals surface area contributed by atoms with Gasteiger partial charge in [0.1, 0.15) is 5.82 Å². The molecule has 0 saturated carbocycles. The van der Waals surface area contributed by atoms with E-state index in [1.54, 1.807) is 0 Å². The Morgan fingerprint density at radius 3 is 2.50 bits per heavy atom. The largest absolute Gasteiger partial charge is 0.369 e. The first kappa shape index (κ1) is 13.3. The predicted molar refractivity (Wildman–Crippen MR) is 71.4 cm³/mol. The molecular formula is C13H21ClN2. The van der Waals surface area contributed by atoms with Crippen molar-refractivity contribution in [2.24, 2.45) is 0 Å². The van der Waals surface area contributed by atoms with Crippen molar-refractivity contribution in [1.82, 2.24) is 4.98 Å². The van der Waals surface area contributed by atoms with E-state index in [1.807, 2.05) is 12.3 Å². The lowest BCUT2D eigenvalue weighted by Gasteiger charge is -2.18. The van der Waals surface area contributed by atoms with Gasteiger partial charge in [-0.15, -0.1) is 11.6 Å². The average molecular weight is 241 g/mol. The molecular weight excluding hydrogens is 220 g/mol. The number of rotatable bonds is 4. The number of anilines is 1. The minimum atomic E-state index is 0.157. The van der Waals surface area contributed by atoms with Crippen LogP contribution in [0.3, 0.4) is 0 Å². The van der Waals surface area contributed by atoms with Gasteiger partial charge in [0, 0.05) is 12.7 Å². The molecule has 1 unspecified atom stereocenters. The first-order valence-corrected chi connectivity index (χ1v) is 6.21. The van der Waals surface area contributed by atoms with Crippen LogP contribution in [-0.2, 0) is 5.41 Å². The summed E-state index contributed by atoms with van der Waals surface area (Å²) < 4.78 is 0. The van der Waals surface area contributed by atoms with Gasteiger partial charge in [-0.1, -0.05) is 33.8 Å². The van der Waals surface area contributed by atoms with E-state index in [2.05, 4.69) is 44.1 Å². The second kappa shape index (κ2) is 5.53. The SMILES string of the molecule is CCC(Cl)CNc1ccc(C(C)(C)C)cn1. The summed E-state index contributed by atoms with van der Waals surface area (Å²) in [6.07, 6.45) is 2.89. The highest BCUT2D eigenvalue weighted by Gasteiger charge is 2.13. The van der Waals surface area contributed by atoms with E-state index in [4.69, 9.17) is 11.6 Å². The van der Waals surface area contributed by atoms with Gasteiger partial charge in [0.2, 0.25) is 0 Å². The third kappa shape index (κ3) is 4.01. The number of aromatic nitrogens is 1. The Morgan fingerprint density at radius 1 is 1.38 bits per heavy atom. The molecule has 1 N–H and O–H groups in total. The molecule has 0 spiro atoms. The quantitative estimate of drug-likeness (QED) is 0.810. The highest BCUT2D eigenvalue weighted by atomic mass is 35.5. The molecule has 1 rings (SSSR count). The van der Waals surface area contributed by atoms with Crippen molar-refractivity contribution in [2.45, 2.75) is 44.9 Å². The summed E-state index contributed by atoms with van der Waals surface area (Å²) in [7, 11) is 0. The van der Waals surface area contributed by atoms with E-state index >= 15 is 0 Å². The van der Waals surface area contributed by atoms with Crippen molar-refractivity contribution < 1.29 is 0 Å². The number of hydrogen-bond donors (Lipinski definition) is 1. The van der Waals surface area contributed by atoms with Crippen LogP contribution in [0.4, 0.5) is 5.82 Å². The lowest BCUT2D eigenvalue weighted by molar-refractivity contribution is 0.587. The highest BCUT2D eigenvalue weighted by Crippen LogP contribution is 2.21. The third-order valence-electron chi connectivity index (χ3n) is 2.58. The van der Waals surface area contributed by atoms with Gasteiger partial charge in [-0.05, 0) is 23.5 Å². The summed E-state index contributed by atoms with van der Waals surface area (Å²) in [4.78, 5) is 4.38. The third-order valence-corrected chi connectivity index (χ3v) is 3.04. The Morgan fingerprint density at radius 2 is 2.06 bits per heavy atom. The number of alkyl halides is 1. The predicted octanol–water partition coefficient (Wildman–Crippen LogP) is 3.81. The van der Waals surface area contributed by atoms with Gasteiger partial charge in [0.25, 0.3) is 0 Å². The molecule has 3 heteroatoms. The zero-order chi connectivity index (χ0) is 12.2. The molecule has 0 aromatic carbocycles. The fourth-order valence-electron chi connectivity index (χ4n) is 1.30. The van der Waals surface area contributed by atoms with Crippen LogP contribution in [0, 0.1) is 0 Å². The summed E-state index contributed by atoms with van der Waals surface area (Å²) in [5, 5.41) is 3.40. The molecule has 0 amide bonds. The van der Waals surface area contributed by atoms with Crippen LogP contribution in [0.5, 0.6) is 0 Å². The van der Waals surface area contributed by atoms with E-state index in [1.165, 1.54) is 5.56 Å². The molecule has 0 fully saturated rings. The summed E-state index contributed by atoms with van der Waals surface area (Å²) >= 11 is 6.03. The first-order valence-electron chi connectivity index (χ1n) is 5.78. The second-order valence-corrected chi connectivity index (χ2v) is 5.69. The zero-order valence-electron chi connectivity index (χ0n) is 10.5. The van der Waals surface area contributed by atoms with Crippen LogP contribution in [0.25, 0.3) is 0 Å². The number of nitrogens with one attached hydrogen (secondary N) is 1. The van der Waals surface area contributed by atoms with E-state index in [9.17, 15) is 0 Å². The average Bonchev–Trinajstić information content (AvgIpc) is 2.25. The maximum absolute atomic E-state index is 6.03. The molecule has 0 aliphatic carbocycles. The molecule has 90 valence electrons. The molecule has 2 nitrogen and oxygen atoms in total. The van der Waals surface area contributed by atoms with Gasteiger partial charge in [-0.3, -0.25) is 0 Å². The minimum absolute atomic E-state index is 0.157. The molecule has 1 heterocycles. The van der Waals surface area contributed by atoms with Crippen molar-refractivity contribution in [3.8, 4) is 0 Å². The number of hydrogen-bond acceptors (Lipinski definition) is 2. The number of pyridine rings is 1. The second-order valence-electron chi connectivity index (χ2n) is 5.07. The summed E-state index contributed by atoms with van der Waals surface area (Å²) in [5.41, 5.74) is 1.40. The van der Waals surface area contributed by atoms with Gasteiger partial charge in [-0.2, -0.15) is 0 Å². The monoisotopic (exact) mass is 240 g/mol. The van der Waals surface area contributed by atoms with E-state index < -0.39 is 0 Å². The molecule has 1 aromatic rings. The van der Waals surface area contributed by atoms with Crippen LogP contribution in [0.15, 0.2) is 18.3 Å². The molecule has 0 aliphatic heterocycles. The molecule has 1 aromatic heterocycles. The first-order chi connectivity index (χ1) is 7.43. The Bertz CT molecular complexity index is 314. The van der Waals surface area contributed by atoms with E-state index in [-0.39, 0.29) is 10.8 Å². The summed E-state index contributed by atoms with van der Waals surface area (Å²) in [6, 6.07) is 4.13. The number of nitrogens with zero attached hydrogens (tertiary/aromatic N) is 1. The van der Waals surface area contributed by atoms with Crippen LogP contribution in [0.2, 0.25) is 0 Å². The van der Waals surface area contributed by atoms with E-state index in [0.717, 1.165) is 18.8 Å². The molecule has 1 atom stereocenters. The van der Waals surface area contributed by atoms with Gasteiger partial charge < -0.3 is 5.32 Å². The molecule has 0 saturated heterocycles. The van der Waals surface area contributed by atoms with Crippen LogP contribution >= 0.6 is 11.6 Å². The Labute approximate surface area is 103 Å². The Kier molecular flexibility index (Phi) is 4.60. The standard InChI is InChI=1S/C13H21ClN2/c1-5-11(14)9-16-12-7-6-10(8-15-12)13(2,3)4/h6-8,11H,5,9H2,1-4H3,(H,15,16). The highest BCUT2D eigenvalue weighted by molar-refractivity contribution is 6.20. The van der Waals surface area contributed by atoms with Gasteiger partial charge in [-0.25, -0.2) is 4.98 Å². The summed E-state index contributed by atoms with van der Waals surface area (Å²) in [5.74, 6) is 0.895. The summed E-state index contributed by atoms with van der Waals surface area (Å²) in [6.45, 7) is 9.39. The van der Waals surface area contributed by atoms with Crippen molar-refractivity contribution in [2.75, 3.05) is 11.9 Å². The topological polar surface area (TPSA) is 24.9 Å². The van der Waals surface area contributed by atoms with Gasteiger partial charge >= 0.3 is 0 Å². The normalized spacial score (nSPS) is 13.6. The van der Waals surface area contributed by atoms with Crippen molar-refractivity contribution in [3.63, 3.8) is 0 Å². The van der Waals surface area contributed by atoms with Gasteiger partial charge in [0.05, 0.1) is 5.38 Å². The Balaban J connectivity index is 2.58. The maximum Gasteiger partial charge on any atom is 0.125 e. The van der Waals surface area contributed by atoms with Crippen molar-refractivity contribution in [3.05, 3.63) is 23.9 Å².